The zero-order valence-corrected chi connectivity index (χ0v) is 13.5. The first-order valence-electron chi connectivity index (χ1n) is 8.47. The molecular formula is C16H27N3O3. The SMILES string of the molecule is CN(CCC1CCOCC1)C(=O)C1=NOC2(CCNCC2)C1. The van der Waals surface area contributed by atoms with Gasteiger partial charge in [-0.15, -0.1) is 0 Å². The average molecular weight is 309 g/mol. The summed E-state index contributed by atoms with van der Waals surface area (Å²) in [6.45, 7) is 4.39. The highest BCUT2D eigenvalue weighted by Crippen LogP contribution is 2.32. The zero-order chi connectivity index (χ0) is 15.4. The first kappa shape index (κ1) is 15.7. The maximum absolute atomic E-state index is 12.5. The molecule has 3 aliphatic rings. The van der Waals surface area contributed by atoms with Gasteiger partial charge in [-0.2, -0.15) is 0 Å². The Morgan fingerprint density at radius 1 is 1.36 bits per heavy atom. The first-order chi connectivity index (χ1) is 10.7. The summed E-state index contributed by atoms with van der Waals surface area (Å²) in [5.41, 5.74) is 0.369. The predicted molar refractivity (Wildman–Crippen MR) is 83.8 cm³/mol. The van der Waals surface area contributed by atoms with Crippen molar-refractivity contribution in [3.63, 3.8) is 0 Å². The van der Waals surface area contributed by atoms with Crippen molar-refractivity contribution in [3.05, 3.63) is 0 Å². The maximum Gasteiger partial charge on any atom is 0.271 e. The molecule has 0 aliphatic carbocycles. The van der Waals surface area contributed by atoms with Crippen molar-refractivity contribution in [2.45, 2.75) is 44.1 Å². The number of oxime groups is 1. The van der Waals surface area contributed by atoms with E-state index in [0.29, 0.717) is 18.1 Å². The van der Waals surface area contributed by atoms with Crippen molar-refractivity contribution in [1.29, 1.82) is 0 Å². The fourth-order valence-corrected chi connectivity index (χ4v) is 3.52. The highest BCUT2D eigenvalue weighted by Gasteiger charge is 2.42. The van der Waals surface area contributed by atoms with Gasteiger partial charge in [0.2, 0.25) is 0 Å². The lowest BCUT2D eigenvalue weighted by Gasteiger charge is -2.31. The van der Waals surface area contributed by atoms with E-state index in [4.69, 9.17) is 9.57 Å². The molecule has 1 spiro atoms. The lowest BCUT2D eigenvalue weighted by Crippen LogP contribution is -2.43. The van der Waals surface area contributed by atoms with Crippen LogP contribution in [-0.2, 0) is 14.4 Å². The summed E-state index contributed by atoms with van der Waals surface area (Å²) in [7, 11) is 1.87. The number of hydrogen-bond acceptors (Lipinski definition) is 5. The topological polar surface area (TPSA) is 63.2 Å². The Balaban J connectivity index is 1.46. The van der Waals surface area contributed by atoms with E-state index in [1.807, 2.05) is 7.05 Å². The number of piperidine rings is 1. The third kappa shape index (κ3) is 3.60. The van der Waals surface area contributed by atoms with Crippen LogP contribution in [0.15, 0.2) is 5.16 Å². The predicted octanol–water partition coefficient (Wildman–Crippen LogP) is 1.16. The smallest absolute Gasteiger partial charge is 0.271 e. The third-order valence-corrected chi connectivity index (χ3v) is 5.16. The van der Waals surface area contributed by atoms with Gasteiger partial charge in [0, 0.05) is 46.1 Å². The van der Waals surface area contributed by atoms with Gasteiger partial charge in [0.05, 0.1) is 0 Å². The van der Waals surface area contributed by atoms with Crippen molar-refractivity contribution in [1.82, 2.24) is 10.2 Å². The number of rotatable bonds is 4. The van der Waals surface area contributed by atoms with Crippen LogP contribution in [0.2, 0.25) is 0 Å². The number of nitrogens with one attached hydrogen (secondary N) is 1. The Morgan fingerprint density at radius 3 is 2.82 bits per heavy atom. The molecule has 0 bridgehead atoms. The third-order valence-electron chi connectivity index (χ3n) is 5.16. The van der Waals surface area contributed by atoms with Gasteiger partial charge in [-0.25, -0.2) is 0 Å². The molecule has 3 rings (SSSR count). The van der Waals surface area contributed by atoms with Gasteiger partial charge >= 0.3 is 0 Å². The Labute approximate surface area is 132 Å². The van der Waals surface area contributed by atoms with Crippen LogP contribution in [0.4, 0.5) is 0 Å². The monoisotopic (exact) mass is 309 g/mol. The molecule has 6 nitrogen and oxygen atoms in total. The van der Waals surface area contributed by atoms with Crippen molar-refractivity contribution in [2.75, 3.05) is 39.9 Å². The van der Waals surface area contributed by atoms with E-state index < -0.39 is 0 Å². The molecule has 2 fully saturated rings. The number of ether oxygens (including phenoxy) is 1. The number of hydrogen-bond donors (Lipinski definition) is 1. The van der Waals surface area contributed by atoms with E-state index in [-0.39, 0.29) is 11.5 Å². The van der Waals surface area contributed by atoms with E-state index in [2.05, 4.69) is 10.5 Å². The highest BCUT2D eigenvalue weighted by atomic mass is 16.7. The number of carbonyl (C=O) groups excluding carboxylic acids is 1. The Morgan fingerprint density at radius 2 is 2.09 bits per heavy atom. The molecule has 3 aliphatic heterocycles. The van der Waals surface area contributed by atoms with Crippen LogP contribution in [0, 0.1) is 5.92 Å². The van der Waals surface area contributed by atoms with Crippen molar-refractivity contribution in [2.24, 2.45) is 11.1 Å². The summed E-state index contributed by atoms with van der Waals surface area (Å²) in [5.74, 6) is 0.712. The van der Waals surface area contributed by atoms with Crippen LogP contribution in [0.3, 0.4) is 0 Å². The average Bonchev–Trinajstić information content (AvgIpc) is 2.97. The molecule has 0 saturated carbocycles. The van der Waals surface area contributed by atoms with Crippen molar-refractivity contribution in [3.8, 4) is 0 Å². The molecule has 0 aromatic carbocycles. The van der Waals surface area contributed by atoms with Gasteiger partial charge < -0.3 is 19.8 Å². The van der Waals surface area contributed by atoms with Crippen LogP contribution in [0.25, 0.3) is 0 Å². The molecule has 0 aromatic rings. The van der Waals surface area contributed by atoms with E-state index in [9.17, 15) is 4.79 Å². The van der Waals surface area contributed by atoms with Crippen molar-refractivity contribution < 1.29 is 14.4 Å². The van der Waals surface area contributed by atoms with Crippen LogP contribution >= 0.6 is 0 Å². The first-order valence-corrected chi connectivity index (χ1v) is 8.47. The highest BCUT2D eigenvalue weighted by molar-refractivity contribution is 6.39. The molecule has 1 N–H and O–H groups in total. The molecule has 22 heavy (non-hydrogen) atoms. The zero-order valence-electron chi connectivity index (χ0n) is 13.5. The van der Waals surface area contributed by atoms with Gasteiger partial charge in [0.15, 0.2) is 0 Å². The standard InChI is InChI=1S/C16H27N3O3/c1-19(9-2-13-3-10-21-11-4-13)15(20)14-12-16(22-18-14)5-7-17-8-6-16/h13,17H,2-12H2,1H3. The minimum absolute atomic E-state index is 0.0301. The lowest BCUT2D eigenvalue weighted by atomic mass is 9.87. The largest absolute Gasteiger partial charge is 0.388 e. The molecule has 0 atom stereocenters. The van der Waals surface area contributed by atoms with Gasteiger partial charge in [-0.1, -0.05) is 5.16 Å². The van der Waals surface area contributed by atoms with E-state index in [1.165, 1.54) is 0 Å². The molecule has 124 valence electrons. The minimum Gasteiger partial charge on any atom is -0.388 e. The minimum atomic E-state index is -0.224. The molecule has 0 unspecified atom stereocenters. The summed E-state index contributed by atoms with van der Waals surface area (Å²) in [4.78, 5) is 20.0. The normalized spacial score (nSPS) is 24.9. The molecule has 3 heterocycles. The number of carbonyl (C=O) groups is 1. The van der Waals surface area contributed by atoms with Crippen LogP contribution < -0.4 is 5.32 Å². The molecule has 6 heteroatoms. The van der Waals surface area contributed by atoms with Gasteiger partial charge in [0.1, 0.15) is 11.3 Å². The van der Waals surface area contributed by atoms with E-state index in [1.54, 1.807) is 4.90 Å². The van der Waals surface area contributed by atoms with Crippen molar-refractivity contribution >= 4 is 11.6 Å². The van der Waals surface area contributed by atoms with Crippen LogP contribution in [0.5, 0.6) is 0 Å². The maximum atomic E-state index is 12.5. The Bertz CT molecular complexity index is 426. The Hall–Kier alpha value is -1.14. The van der Waals surface area contributed by atoms with Crippen LogP contribution in [-0.4, -0.2) is 62.0 Å². The second-order valence-electron chi connectivity index (χ2n) is 6.81. The summed E-state index contributed by atoms with van der Waals surface area (Å²) < 4.78 is 5.38. The quantitative estimate of drug-likeness (QED) is 0.846. The second-order valence-corrected chi connectivity index (χ2v) is 6.81. The fraction of sp³-hybridized carbons (Fsp3) is 0.875. The fourth-order valence-electron chi connectivity index (χ4n) is 3.52. The van der Waals surface area contributed by atoms with Crippen LogP contribution in [0.1, 0.15) is 38.5 Å². The summed E-state index contributed by atoms with van der Waals surface area (Å²) in [6, 6.07) is 0. The summed E-state index contributed by atoms with van der Waals surface area (Å²) >= 11 is 0. The lowest BCUT2D eigenvalue weighted by molar-refractivity contribution is -0.123. The molecular weight excluding hydrogens is 282 g/mol. The summed E-state index contributed by atoms with van der Waals surface area (Å²) in [5, 5.41) is 7.43. The molecule has 0 radical (unpaired) electrons. The van der Waals surface area contributed by atoms with E-state index in [0.717, 1.165) is 65.0 Å². The van der Waals surface area contributed by atoms with Gasteiger partial charge in [-0.05, 0) is 38.3 Å². The summed E-state index contributed by atoms with van der Waals surface area (Å²) in [6.07, 6.45) is 5.80. The van der Waals surface area contributed by atoms with Gasteiger partial charge in [0.25, 0.3) is 5.91 Å². The molecule has 1 amide bonds. The second kappa shape index (κ2) is 6.96. The Kier molecular flexibility index (Phi) is 4.98. The molecule has 0 aromatic heterocycles. The van der Waals surface area contributed by atoms with Gasteiger partial charge in [-0.3, -0.25) is 4.79 Å². The molecule has 2 saturated heterocycles. The number of amides is 1. The number of nitrogens with zero attached hydrogens (tertiary/aromatic N) is 2. The van der Waals surface area contributed by atoms with E-state index >= 15 is 0 Å².